The predicted octanol–water partition coefficient (Wildman–Crippen LogP) is 2.76. The summed E-state index contributed by atoms with van der Waals surface area (Å²) >= 11 is 1.56. The van der Waals surface area contributed by atoms with E-state index < -0.39 is 11.8 Å². The fourth-order valence-corrected chi connectivity index (χ4v) is 4.72. The number of benzene rings is 2. The molecule has 1 aliphatic rings. The van der Waals surface area contributed by atoms with Crippen molar-refractivity contribution in [3.8, 4) is 0 Å². The molecule has 0 saturated carbocycles. The van der Waals surface area contributed by atoms with E-state index in [2.05, 4.69) is 16.0 Å². The van der Waals surface area contributed by atoms with Gasteiger partial charge in [0.05, 0.1) is 17.1 Å². The summed E-state index contributed by atoms with van der Waals surface area (Å²) in [5.41, 5.74) is 5.18. The van der Waals surface area contributed by atoms with Crippen molar-refractivity contribution in [3.63, 3.8) is 0 Å². The molecule has 0 aliphatic carbocycles. The number of thioether (sulfide) groups is 1. The lowest BCUT2D eigenvalue weighted by Crippen LogP contribution is -2.43. The van der Waals surface area contributed by atoms with E-state index in [0.717, 1.165) is 30.1 Å². The molecule has 1 fully saturated rings. The zero-order chi connectivity index (χ0) is 22.5. The SMILES string of the molecule is CCn1nc(C(=O)NNC(=O)c2ccccc2SC[C@@H]2CCCO2)c2ccccc2c1=O. The average Bonchev–Trinajstić information content (AvgIpc) is 3.35. The largest absolute Gasteiger partial charge is 0.377 e. The summed E-state index contributed by atoms with van der Waals surface area (Å²) in [5.74, 6) is -0.256. The lowest BCUT2D eigenvalue weighted by Gasteiger charge is -2.13. The molecule has 166 valence electrons. The Bertz CT molecular complexity index is 1200. The maximum Gasteiger partial charge on any atom is 0.290 e. The molecule has 2 N–H and O–H groups in total. The maximum absolute atomic E-state index is 12.8. The number of amides is 2. The molecular formula is C23H24N4O4S. The Hall–Kier alpha value is -3.17. The van der Waals surface area contributed by atoms with Gasteiger partial charge in [0, 0.05) is 29.2 Å². The normalized spacial score (nSPS) is 15.6. The highest BCUT2D eigenvalue weighted by Gasteiger charge is 2.20. The van der Waals surface area contributed by atoms with Crippen LogP contribution in [0.2, 0.25) is 0 Å². The van der Waals surface area contributed by atoms with Crippen LogP contribution in [0.4, 0.5) is 0 Å². The van der Waals surface area contributed by atoms with Crippen LogP contribution in [0.15, 0.2) is 58.2 Å². The van der Waals surface area contributed by atoms with E-state index in [9.17, 15) is 14.4 Å². The van der Waals surface area contributed by atoms with Gasteiger partial charge in [-0.3, -0.25) is 25.2 Å². The first-order valence-corrected chi connectivity index (χ1v) is 11.5. The summed E-state index contributed by atoms with van der Waals surface area (Å²) in [4.78, 5) is 38.9. The minimum atomic E-state index is -0.596. The molecular weight excluding hydrogens is 428 g/mol. The molecule has 32 heavy (non-hydrogen) atoms. The molecule has 0 bridgehead atoms. The molecule has 1 aliphatic heterocycles. The summed E-state index contributed by atoms with van der Waals surface area (Å²) in [6.45, 7) is 2.89. The van der Waals surface area contributed by atoms with Gasteiger partial charge in [0.15, 0.2) is 5.69 Å². The van der Waals surface area contributed by atoms with Gasteiger partial charge < -0.3 is 4.74 Å². The van der Waals surface area contributed by atoms with Crippen LogP contribution in [0.25, 0.3) is 10.8 Å². The predicted molar refractivity (Wildman–Crippen MR) is 123 cm³/mol. The van der Waals surface area contributed by atoms with Crippen LogP contribution < -0.4 is 16.4 Å². The van der Waals surface area contributed by atoms with Gasteiger partial charge in [-0.2, -0.15) is 5.10 Å². The van der Waals surface area contributed by atoms with E-state index >= 15 is 0 Å². The number of ether oxygens (including phenoxy) is 1. The first kappa shape index (κ1) is 22.0. The summed E-state index contributed by atoms with van der Waals surface area (Å²) in [7, 11) is 0. The van der Waals surface area contributed by atoms with Gasteiger partial charge >= 0.3 is 0 Å². The van der Waals surface area contributed by atoms with Crippen molar-refractivity contribution in [3.05, 3.63) is 70.1 Å². The van der Waals surface area contributed by atoms with Crippen molar-refractivity contribution in [1.29, 1.82) is 0 Å². The number of carbonyl (C=O) groups excluding carboxylic acids is 2. The summed E-state index contributed by atoms with van der Waals surface area (Å²) in [6.07, 6.45) is 2.29. The first-order valence-electron chi connectivity index (χ1n) is 10.5. The second kappa shape index (κ2) is 9.97. The van der Waals surface area contributed by atoms with Gasteiger partial charge in [0.2, 0.25) is 0 Å². The second-order valence-electron chi connectivity index (χ2n) is 7.37. The average molecular weight is 453 g/mol. The molecule has 9 heteroatoms. The molecule has 0 radical (unpaired) electrons. The Morgan fingerprint density at radius 2 is 1.81 bits per heavy atom. The van der Waals surface area contributed by atoms with Gasteiger partial charge in [0.1, 0.15) is 0 Å². The summed E-state index contributed by atoms with van der Waals surface area (Å²) in [5, 5.41) is 5.02. The fourth-order valence-electron chi connectivity index (χ4n) is 3.60. The number of nitrogens with zero attached hydrogens (tertiary/aromatic N) is 2. The molecule has 1 atom stereocenters. The van der Waals surface area contributed by atoms with Crippen molar-refractivity contribution in [1.82, 2.24) is 20.6 Å². The van der Waals surface area contributed by atoms with Crippen molar-refractivity contribution < 1.29 is 14.3 Å². The monoisotopic (exact) mass is 452 g/mol. The number of carbonyl (C=O) groups is 2. The number of aromatic nitrogens is 2. The highest BCUT2D eigenvalue weighted by molar-refractivity contribution is 7.99. The van der Waals surface area contributed by atoms with Gasteiger partial charge in [-0.25, -0.2) is 4.68 Å². The van der Waals surface area contributed by atoms with Crippen LogP contribution in [0.3, 0.4) is 0 Å². The number of hydrogen-bond donors (Lipinski definition) is 2. The van der Waals surface area contributed by atoms with Gasteiger partial charge in [0.25, 0.3) is 17.4 Å². The van der Waals surface area contributed by atoms with Crippen LogP contribution in [-0.2, 0) is 11.3 Å². The Morgan fingerprint density at radius 3 is 2.56 bits per heavy atom. The number of nitrogens with one attached hydrogen (secondary N) is 2. The molecule has 8 nitrogen and oxygen atoms in total. The van der Waals surface area contributed by atoms with Crippen molar-refractivity contribution in [2.24, 2.45) is 0 Å². The Balaban J connectivity index is 1.49. The minimum absolute atomic E-state index is 0.0726. The number of rotatable bonds is 6. The van der Waals surface area contributed by atoms with Crippen molar-refractivity contribution in [2.45, 2.75) is 37.3 Å². The maximum atomic E-state index is 12.8. The fraction of sp³-hybridized carbons (Fsp3) is 0.304. The van der Waals surface area contributed by atoms with E-state index in [1.54, 1.807) is 55.1 Å². The van der Waals surface area contributed by atoms with E-state index in [1.807, 2.05) is 12.1 Å². The third-order valence-electron chi connectivity index (χ3n) is 5.25. The number of aryl methyl sites for hydroxylation is 1. The summed E-state index contributed by atoms with van der Waals surface area (Å²) in [6, 6.07) is 14.0. The van der Waals surface area contributed by atoms with E-state index in [-0.39, 0.29) is 17.4 Å². The molecule has 2 amide bonds. The van der Waals surface area contributed by atoms with Gasteiger partial charge in [-0.1, -0.05) is 30.3 Å². The first-order chi connectivity index (χ1) is 15.6. The van der Waals surface area contributed by atoms with Crippen LogP contribution in [0.1, 0.15) is 40.6 Å². The lowest BCUT2D eigenvalue weighted by molar-refractivity contribution is 0.0842. The zero-order valence-electron chi connectivity index (χ0n) is 17.7. The number of hydrazine groups is 1. The lowest BCUT2D eigenvalue weighted by atomic mass is 10.1. The molecule has 1 saturated heterocycles. The standard InChI is InChI=1S/C23H24N4O4S/c1-2-27-23(30)17-10-4-3-9-16(17)20(26-27)22(29)25-24-21(28)18-11-5-6-12-19(18)32-14-15-8-7-13-31-15/h3-6,9-12,15H,2,7-8,13-14H2,1H3,(H,24,28)(H,25,29)/t15-/m0/s1. The third kappa shape index (κ3) is 4.68. The molecule has 0 spiro atoms. The van der Waals surface area contributed by atoms with E-state index in [0.29, 0.717) is 22.9 Å². The van der Waals surface area contributed by atoms with Crippen LogP contribution in [-0.4, -0.2) is 40.1 Å². The van der Waals surface area contributed by atoms with Crippen LogP contribution >= 0.6 is 11.8 Å². The third-order valence-corrected chi connectivity index (χ3v) is 6.46. The Morgan fingerprint density at radius 1 is 1.09 bits per heavy atom. The highest BCUT2D eigenvalue weighted by atomic mass is 32.2. The number of hydrogen-bond acceptors (Lipinski definition) is 6. The van der Waals surface area contributed by atoms with Gasteiger partial charge in [-0.05, 0) is 38.0 Å². The highest BCUT2D eigenvalue weighted by Crippen LogP contribution is 2.26. The Labute approximate surface area is 189 Å². The smallest absolute Gasteiger partial charge is 0.290 e. The molecule has 1 aromatic heterocycles. The molecule has 4 rings (SSSR count). The molecule has 2 aromatic carbocycles. The molecule has 0 unspecified atom stereocenters. The summed E-state index contributed by atoms with van der Waals surface area (Å²) < 4.78 is 6.89. The topological polar surface area (TPSA) is 102 Å². The minimum Gasteiger partial charge on any atom is -0.377 e. The van der Waals surface area contributed by atoms with Crippen molar-refractivity contribution >= 4 is 34.3 Å². The number of fused-ring (bicyclic) bond motifs is 1. The van der Waals surface area contributed by atoms with E-state index in [1.165, 1.54) is 4.68 Å². The quantitative estimate of drug-likeness (QED) is 0.440. The molecule has 3 aromatic rings. The zero-order valence-corrected chi connectivity index (χ0v) is 18.5. The Kier molecular flexibility index (Phi) is 6.87. The van der Waals surface area contributed by atoms with Crippen molar-refractivity contribution in [2.75, 3.05) is 12.4 Å². The second-order valence-corrected chi connectivity index (χ2v) is 8.43. The van der Waals surface area contributed by atoms with Crippen LogP contribution in [0, 0.1) is 0 Å². The molecule has 2 heterocycles. The van der Waals surface area contributed by atoms with Crippen LogP contribution in [0.5, 0.6) is 0 Å². The van der Waals surface area contributed by atoms with Gasteiger partial charge in [-0.15, -0.1) is 11.8 Å². The van der Waals surface area contributed by atoms with E-state index in [4.69, 9.17) is 4.74 Å².